The van der Waals surface area contributed by atoms with Gasteiger partial charge in [0.25, 0.3) is 0 Å². The number of esters is 2. The van der Waals surface area contributed by atoms with Gasteiger partial charge in [0.1, 0.15) is 5.60 Å². The molecule has 30 heavy (non-hydrogen) atoms. The Bertz CT molecular complexity index is 1050. The number of ether oxygens (including phenoxy) is 2. The van der Waals surface area contributed by atoms with Crippen molar-refractivity contribution in [1.82, 2.24) is 0 Å². The Kier molecular flexibility index (Phi) is 4.31. The van der Waals surface area contributed by atoms with E-state index in [2.05, 4.69) is 0 Å². The first-order chi connectivity index (χ1) is 13.9. The summed E-state index contributed by atoms with van der Waals surface area (Å²) in [6, 6.07) is 13.7. The zero-order valence-corrected chi connectivity index (χ0v) is 17.8. The van der Waals surface area contributed by atoms with Crippen LogP contribution in [0.1, 0.15) is 67.3 Å². The normalized spacial score (nSPS) is 22.2. The maximum atomic E-state index is 13.3. The van der Waals surface area contributed by atoms with Crippen molar-refractivity contribution in [3.8, 4) is 0 Å². The van der Waals surface area contributed by atoms with E-state index in [4.69, 9.17) is 9.47 Å². The fourth-order valence-electron chi connectivity index (χ4n) is 4.15. The van der Waals surface area contributed by atoms with Gasteiger partial charge in [0.15, 0.2) is 0 Å². The van der Waals surface area contributed by atoms with Crippen LogP contribution in [0, 0.1) is 5.41 Å². The van der Waals surface area contributed by atoms with Gasteiger partial charge >= 0.3 is 11.9 Å². The molecule has 1 atom stereocenters. The lowest BCUT2D eigenvalue weighted by Crippen LogP contribution is -2.50. The summed E-state index contributed by atoms with van der Waals surface area (Å²) in [6.07, 6.45) is 0.310. The Hall–Kier alpha value is -3.15. The number of para-hydroxylation sites is 1. The fraction of sp³-hybridized carbons (Fsp3) is 0.375. The minimum absolute atomic E-state index is 0.112. The lowest BCUT2D eigenvalue weighted by atomic mass is 9.85. The molecule has 6 nitrogen and oxygen atoms in total. The van der Waals surface area contributed by atoms with Crippen LogP contribution in [0.3, 0.4) is 0 Å². The molecular formula is C24H25NO5. The molecule has 1 saturated heterocycles. The minimum atomic E-state index is -1.25. The van der Waals surface area contributed by atoms with Gasteiger partial charge in [0.2, 0.25) is 11.6 Å². The Morgan fingerprint density at radius 3 is 2.30 bits per heavy atom. The maximum Gasteiger partial charge on any atom is 0.342 e. The van der Waals surface area contributed by atoms with Crippen LogP contribution >= 0.6 is 0 Å². The van der Waals surface area contributed by atoms with Gasteiger partial charge in [-0.2, -0.15) is 0 Å². The third kappa shape index (κ3) is 3.07. The van der Waals surface area contributed by atoms with Crippen LogP contribution in [0.5, 0.6) is 0 Å². The number of carbonyl (C=O) groups is 3. The average Bonchev–Trinajstić information content (AvgIpc) is 2.87. The topological polar surface area (TPSA) is 72.9 Å². The van der Waals surface area contributed by atoms with Crippen molar-refractivity contribution in [3.63, 3.8) is 0 Å². The predicted octanol–water partition coefficient (Wildman–Crippen LogP) is 4.43. The Balaban J connectivity index is 1.79. The van der Waals surface area contributed by atoms with Gasteiger partial charge in [-0.05, 0) is 45.0 Å². The number of amides is 1. The number of carbonyl (C=O) groups excluding carboxylic acids is 3. The van der Waals surface area contributed by atoms with Crippen molar-refractivity contribution in [2.24, 2.45) is 5.41 Å². The number of nitrogens with zero attached hydrogens (tertiary/aromatic N) is 1. The number of rotatable bonds is 2. The van der Waals surface area contributed by atoms with Crippen molar-refractivity contribution in [3.05, 3.63) is 65.2 Å². The van der Waals surface area contributed by atoms with Crippen LogP contribution in [0.2, 0.25) is 0 Å². The molecule has 0 aliphatic carbocycles. The first kappa shape index (κ1) is 20.1. The van der Waals surface area contributed by atoms with Crippen molar-refractivity contribution in [2.45, 2.75) is 52.4 Å². The third-order valence-electron chi connectivity index (χ3n) is 5.42. The number of fused-ring (bicyclic) bond motifs is 3. The van der Waals surface area contributed by atoms with E-state index in [1.54, 1.807) is 74.2 Å². The first-order valence-electron chi connectivity index (χ1n) is 9.96. The molecule has 1 fully saturated rings. The molecule has 1 amide bonds. The third-order valence-corrected chi connectivity index (χ3v) is 5.42. The van der Waals surface area contributed by atoms with E-state index >= 15 is 0 Å². The van der Waals surface area contributed by atoms with Crippen LogP contribution in [0.15, 0.2) is 48.5 Å². The Morgan fingerprint density at radius 2 is 1.67 bits per heavy atom. The van der Waals surface area contributed by atoms with E-state index in [1.165, 1.54) is 0 Å². The zero-order valence-electron chi connectivity index (χ0n) is 17.8. The molecule has 1 unspecified atom stereocenters. The highest BCUT2D eigenvalue weighted by Gasteiger charge is 2.61. The zero-order chi connectivity index (χ0) is 21.9. The minimum Gasteiger partial charge on any atom is -0.456 e. The van der Waals surface area contributed by atoms with Crippen molar-refractivity contribution >= 4 is 23.5 Å². The quantitative estimate of drug-likeness (QED) is 0.689. The monoisotopic (exact) mass is 407 g/mol. The van der Waals surface area contributed by atoms with Crippen molar-refractivity contribution in [1.29, 1.82) is 0 Å². The molecule has 4 rings (SSSR count). The smallest absolute Gasteiger partial charge is 0.342 e. The molecule has 0 N–H and O–H groups in total. The number of anilines is 1. The molecule has 0 saturated carbocycles. The number of benzene rings is 2. The highest BCUT2D eigenvalue weighted by atomic mass is 16.6. The molecule has 0 aromatic heterocycles. The fourth-order valence-corrected chi connectivity index (χ4v) is 4.15. The second kappa shape index (κ2) is 6.42. The number of hydrogen-bond acceptors (Lipinski definition) is 5. The molecule has 6 heteroatoms. The Morgan fingerprint density at radius 1 is 1.03 bits per heavy atom. The second-order valence-electron chi connectivity index (χ2n) is 9.47. The Labute approximate surface area is 175 Å². The van der Waals surface area contributed by atoms with E-state index < -0.39 is 28.7 Å². The summed E-state index contributed by atoms with van der Waals surface area (Å²) in [4.78, 5) is 40.1. The standard InChI is InChI=1S/C24H25NO5/c1-22(2,3)29-19(26)15-10-12-16(13-11-15)24-14-23(4,5)21(28)25(24)18-9-7-6-8-17(18)20(27)30-24/h6-13H,14H2,1-5H3. The van der Waals surface area contributed by atoms with Gasteiger partial charge in [-0.1, -0.05) is 38.1 Å². The number of hydrogen-bond donors (Lipinski definition) is 0. The molecule has 2 aromatic rings. The molecule has 2 aliphatic rings. The summed E-state index contributed by atoms with van der Waals surface area (Å²) in [7, 11) is 0. The van der Waals surface area contributed by atoms with Gasteiger partial charge in [-0.3, -0.25) is 9.69 Å². The van der Waals surface area contributed by atoms with Gasteiger partial charge in [0.05, 0.1) is 22.2 Å². The SMILES string of the molecule is CC(C)(C)OC(=O)c1ccc(C23CC(C)(C)C(=O)N2c2ccccc2C(=O)O3)cc1. The molecule has 2 aromatic carbocycles. The summed E-state index contributed by atoms with van der Waals surface area (Å²) in [5.41, 5.74) is -0.639. The van der Waals surface area contributed by atoms with Crippen LogP contribution < -0.4 is 4.90 Å². The van der Waals surface area contributed by atoms with Gasteiger partial charge in [0, 0.05) is 12.0 Å². The summed E-state index contributed by atoms with van der Waals surface area (Å²) in [5, 5.41) is 0. The lowest BCUT2D eigenvalue weighted by Gasteiger charge is -2.42. The highest BCUT2D eigenvalue weighted by molar-refractivity contribution is 6.09. The molecular weight excluding hydrogens is 382 g/mol. The van der Waals surface area contributed by atoms with Crippen molar-refractivity contribution in [2.75, 3.05) is 4.90 Å². The van der Waals surface area contributed by atoms with E-state index in [0.29, 0.717) is 28.8 Å². The molecule has 0 bridgehead atoms. The molecule has 0 radical (unpaired) electrons. The van der Waals surface area contributed by atoms with Gasteiger partial charge < -0.3 is 9.47 Å². The largest absolute Gasteiger partial charge is 0.456 e. The van der Waals surface area contributed by atoms with E-state index in [0.717, 1.165) is 0 Å². The van der Waals surface area contributed by atoms with Crippen LogP contribution in [0.25, 0.3) is 0 Å². The molecule has 0 spiro atoms. The van der Waals surface area contributed by atoms with Crippen LogP contribution in [0.4, 0.5) is 5.69 Å². The summed E-state index contributed by atoms with van der Waals surface area (Å²) in [5.74, 6) is -1.01. The van der Waals surface area contributed by atoms with E-state index in [9.17, 15) is 14.4 Å². The van der Waals surface area contributed by atoms with E-state index in [-0.39, 0.29) is 5.91 Å². The van der Waals surface area contributed by atoms with Gasteiger partial charge in [-0.15, -0.1) is 0 Å². The molecule has 2 aliphatic heterocycles. The summed E-state index contributed by atoms with van der Waals surface area (Å²) < 4.78 is 11.4. The lowest BCUT2D eigenvalue weighted by molar-refractivity contribution is -0.124. The summed E-state index contributed by atoms with van der Waals surface area (Å²) >= 11 is 0. The predicted molar refractivity (Wildman–Crippen MR) is 111 cm³/mol. The summed E-state index contributed by atoms with van der Waals surface area (Å²) in [6.45, 7) is 9.12. The average molecular weight is 407 g/mol. The van der Waals surface area contributed by atoms with Crippen LogP contribution in [-0.2, 0) is 20.0 Å². The van der Waals surface area contributed by atoms with Crippen molar-refractivity contribution < 1.29 is 23.9 Å². The molecule has 156 valence electrons. The van der Waals surface area contributed by atoms with Crippen LogP contribution in [-0.4, -0.2) is 23.4 Å². The maximum absolute atomic E-state index is 13.3. The van der Waals surface area contributed by atoms with Gasteiger partial charge in [-0.25, -0.2) is 9.59 Å². The van der Waals surface area contributed by atoms with E-state index in [1.807, 2.05) is 13.8 Å². The first-order valence-corrected chi connectivity index (χ1v) is 9.96. The molecule has 2 heterocycles. The second-order valence-corrected chi connectivity index (χ2v) is 9.47. The highest BCUT2D eigenvalue weighted by Crippen LogP contribution is 2.54.